The van der Waals surface area contributed by atoms with E-state index in [1.54, 1.807) is 12.3 Å². The van der Waals surface area contributed by atoms with Gasteiger partial charge in [-0.1, -0.05) is 35.3 Å². The molecule has 2 rings (SSSR count). The van der Waals surface area contributed by atoms with Crippen molar-refractivity contribution in [2.75, 3.05) is 0 Å². The van der Waals surface area contributed by atoms with E-state index in [9.17, 15) is 0 Å². The smallest absolute Gasteiger partial charge is 0.0673 e. The van der Waals surface area contributed by atoms with Crippen molar-refractivity contribution in [2.45, 2.75) is 19.4 Å². The standard InChI is InChI=1S/C14H15Cl2N3/c1-9-5-6-18-12(7-9)13(19-17)8-10-3-2-4-11(15)14(10)16/h2-7,13,19H,8,17H2,1H3. The van der Waals surface area contributed by atoms with Crippen LogP contribution in [-0.2, 0) is 6.42 Å². The molecule has 0 amide bonds. The number of aromatic nitrogens is 1. The fraction of sp³-hybridized carbons (Fsp3) is 0.214. The molecule has 5 heteroatoms. The van der Waals surface area contributed by atoms with E-state index in [-0.39, 0.29) is 6.04 Å². The maximum Gasteiger partial charge on any atom is 0.0673 e. The summed E-state index contributed by atoms with van der Waals surface area (Å²) in [6.45, 7) is 2.02. The number of benzene rings is 1. The van der Waals surface area contributed by atoms with Gasteiger partial charge in [0.15, 0.2) is 0 Å². The highest BCUT2D eigenvalue weighted by Gasteiger charge is 2.15. The van der Waals surface area contributed by atoms with Gasteiger partial charge in [0.25, 0.3) is 0 Å². The zero-order chi connectivity index (χ0) is 13.8. The van der Waals surface area contributed by atoms with Gasteiger partial charge in [-0.3, -0.25) is 16.3 Å². The molecule has 1 atom stereocenters. The Balaban J connectivity index is 2.26. The van der Waals surface area contributed by atoms with Gasteiger partial charge in [-0.05, 0) is 42.7 Å². The van der Waals surface area contributed by atoms with E-state index in [0.29, 0.717) is 16.5 Å². The lowest BCUT2D eigenvalue weighted by Gasteiger charge is -2.17. The summed E-state index contributed by atoms with van der Waals surface area (Å²) in [6.07, 6.45) is 2.40. The molecule has 0 fully saturated rings. The minimum atomic E-state index is -0.101. The van der Waals surface area contributed by atoms with Crippen molar-refractivity contribution in [1.29, 1.82) is 0 Å². The highest BCUT2D eigenvalue weighted by molar-refractivity contribution is 6.42. The maximum absolute atomic E-state index is 6.19. The minimum absolute atomic E-state index is 0.101. The van der Waals surface area contributed by atoms with Gasteiger partial charge < -0.3 is 0 Å². The third kappa shape index (κ3) is 3.45. The van der Waals surface area contributed by atoms with Crippen molar-refractivity contribution in [3.8, 4) is 0 Å². The lowest BCUT2D eigenvalue weighted by atomic mass is 10.0. The van der Waals surface area contributed by atoms with Crippen LogP contribution in [0.15, 0.2) is 36.5 Å². The molecule has 1 unspecified atom stereocenters. The average Bonchev–Trinajstić information content (AvgIpc) is 2.40. The number of aryl methyl sites for hydroxylation is 1. The summed E-state index contributed by atoms with van der Waals surface area (Å²) < 4.78 is 0. The second kappa shape index (κ2) is 6.35. The lowest BCUT2D eigenvalue weighted by molar-refractivity contribution is 0.538. The zero-order valence-corrected chi connectivity index (χ0v) is 12.0. The summed E-state index contributed by atoms with van der Waals surface area (Å²) in [5.41, 5.74) is 5.75. The van der Waals surface area contributed by atoms with Crippen molar-refractivity contribution in [2.24, 2.45) is 5.84 Å². The van der Waals surface area contributed by atoms with Crippen LogP contribution in [-0.4, -0.2) is 4.98 Å². The normalized spacial score (nSPS) is 12.4. The van der Waals surface area contributed by atoms with Crippen LogP contribution in [0.5, 0.6) is 0 Å². The zero-order valence-electron chi connectivity index (χ0n) is 10.5. The van der Waals surface area contributed by atoms with E-state index in [1.165, 1.54) is 0 Å². The van der Waals surface area contributed by atoms with Crippen molar-refractivity contribution in [3.05, 3.63) is 63.4 Å². The number of nitrogens with two attached hydrogens (primary N) is 1. The molecule has 0 saturated heterocycles. The molecule has 3 nitrogen and oxygen atoms in total. The second-order valence-electron chi connectivity index (χ2n) is 4.39. The van der Waals surface area contributed by atoms with Gasteiger partial charge in [0.05, 0.1) is 21.8 Å². The first-order chi connectivity index (χ1) is 9.11. The molecule has 19 heavy (non-hydrogen) atoms. The topological polar surface area (TPSA) is 50.9 Å². The Morgan fingerprint density at radius 3 is 2.79 bits per heavy atom. The Morgan fingerprint density at radius 1 is 1.32 bits per heavy atom. The summed E-state index contributed by atoms with van der Waals surface area (Å²) in [5, 5.41) is 1.12. The summed E-state index contributed by atoms with van der Waals surface area (Å²) >= 11 is 12.2. The first-order valence-corrected chi connectivity index (χ1v) is 6.69. The monoisotopic (exact) mass is 295 g/mol. The van der Waals surface area contributed by atoms with Crippen molar-refractivity contribution < 1.29 is 0 Å². The number of pyridine rings is 1. The summed E-state index contributed by atoms with van der Waals surface area (Å²) in [4.78, 5) is 4.34. The van der Waals surface area contributed by atoms with E-state index >= 15 is 0 Å². The fourth-order valence-electron chi connectivity index (χ4n) is 1.93. The summed E-state index contributed by atoms with van der Waals surface area (Å²) in [6, 6.07) is 9.43. The number of rotatable bonds is 4. The molecule has 0 saturated carbocycles. The molecule has 100 valence electrons. The summed E-state index contributed by atoms with van der Waals surface area (Å²) in [5.74, 6) is 5.62. The Labute approximate surface area is 122 Å². The SMILES string of the molecule is Cc1ccnc(C(Cc2cccc(Cl)c2Cl)NN)c1. The first kappa shape index (κ1) is 14.3. The average molecular weight is 296 g/mol. The molecule has 0 aliphatic rings. The summed E-state index contributed by atoms with van der Waals surface area (Å²) in [7, 11) is 0. The van der Waals surface area contributed by atoms with Crippen LogP contribution < -0.4 is 11.3 Å². The predicted molar refractivity (Wildman–Crippen MR) is 79.2 cm³/mol. The van der Waals surface area contributed by atoms with E-state index in [0.717, 1.165) is 16.8 Å². The molecule has 1 aromatic carbocycles. The molecule has 3 N–H and O–H groups in total. The second-order valence-corrected chi connectivity index (χ2v) is 5.18. The van der Waals surface area contributed by atoms with Crippen molar-refractivity contribution in [1.82, 2.24) is 10.4 Å². The van der Waals surface area contributed by atoms with Crippen molar-refractivity contribution >= 4 is 23.2 Å². The number of halogens is 2. The lowest BCUT2D eigenvalue weighted by Crippen LogP contribution is -2.30. The van der Waals surface area contributed by atoms with Crippen molar-refractivity contribution in [3.63, 3.8) is 0 Å². The molecule has 0 aliphatic carbocycles. The van der Waals surface area contributed by atoms with Gasteiger partial charge in [0.1, 0.15) is 0 Å². The number of nitrogens with zero attached hydrogens (tertiary/aromatic N) is 1. The Morgan fingerprint density at radius 2 is 2.11 bits per heavy atom. The van der Waals surface area contributed by atoms with Crippen LogP contribution in [0.25, 0.3) is 0 Å². The molecular formula is C14H15Cl2N3. The third-order valence-electron chi connectivity index (χ3n) is 2.95. The maximum atomic E-state index is 6.19. The van der Waals surface area contributed by atoms with Crippen LogP contribution >= 0.6 is 23.2 Å². The molecule has 0 bridgehead atoms. The van der Waals surface area contributed by atoms with E-state index in [2.05, 4.69) is 10.4 Å². The number of nitrogens with one attached hydrogen (secondary N) is 1. The van der Waals surface area contributed by atoms with Gasteiger partial charge in [-0.2, -0.15) is 0 Å². The molecule has 1 aromatic heterocycles. The highest BCUT2D eigenvalue weighted by Crippen LogP contribution is 2.28. The van der Waals surface area contributed by atoms with Crippen LogP contribution in [0, 0.1) is 6.92 Å². The van der Waals surface area contributed by atoms with E-state index < -0.39 is 0 Å². The Hall–Kier alpha value is -1.13. The largest absolute Gasteiger partial charge is 0.271 e. The molecule has 0 spiro atoms. The van der Waals surface area contributed by atoms with Crippen LogP contribution in [0.1, 0.15) is 22.9 Å². The van der Waals surface area contributed by atoms with Gasteiger partial charge >= 0.3 is 0 Å². The highest BCUT2D eigenvalue weighted by atomic mass is 35.5. The van der Waals surface area contributed by atoms with Gasteiger partial charge in [-0.15, -0.1) is 0 Å². The van der Waals surface area contributed by atoms with E-state index in [1.807, 2.05) is 31.2 Å². The quantitative estimate of drug-likeness (QED) is 0.671. The third-order valence-corrected chi connectivity index (χ3v) is 3.81. The molecule has 1 heterocycles. The fourth-order valence-corrected chi connectivity index (χ4v) is 2.32. The molecule has 0 radical (unpaired) electrons. The predicted octanol–water partition coefficient (Wildman–Crippen LogP) is 3.44. The number of hydrogen-bond acceptors (Lipinski definition) is 3. The van der Waals surface area contributed by atoms with Gasteiger partial charge in [0, 0.05) is 6.20 Å². The minimum Gasteiger partial charge on any atom is -0.271 e. The van der Waals surface area contributed by atoms with Crippen LogP contribution in [0.4, 0.5) is 0 Å². The Kier molecular flexibility index (Phi) is 4.77. The Bertz CT molecular complexity index is 572. The number of hydrazine groups is 1. The van der Waals surface area contributed by atoms with Gasteiger partial charge in [-0.25, -0.2) is 0 Å². The van der Waals surface area contributed by atoms with Crippen LogP contribution in [0.2, 0.25) is 10.0 Å². The molecule has 0 aliphatic heterocycles. The molecular weight excluding hydrogens is 281 g/mol. The van der Waals surface area contributed by atoms with Crippen LogP contribution in [0.3, 0.4) is 0 Å². The van der Waals surface area contributed by atoms with Gasteiger partial charge in [0.2, 0.25) is 0 Å². The first-order valence-electron chi connectivity index (χ1n) is 5.93. The number of hydrogen-bond donors (Lipinski definition) is 2. The van der Waals surface area contributed by atoms with E-state index in [4.69, 9.17) is 29.0 Å². The molecule has 2 aromatic rings.